The van der Waals surface area contributed by atoms with E-state index in [9.17, 15) is 28.3 Å². The zero-order chi connectivity index (χ0) is 26.4. The highest BCUT2D eigenvalue weighted by atomic mass is 19.3. The highest BCUT2D eigenvalue weighted by molar-refractivity contribution is 5.96. The molecule has 0 saturated carbocycles. The van der Waals surface area contributed by atoms with Crippen LogP contribution in [0.3, 0.4) is 0 Å². The Balaban J connectivity index is 2.04. The lowest BCUT2D eigenvalue weighted by molar-refractivity contribution is 0.0697. The number of aromatic carboxylic acids is 1. The summed E-state index contributed by atoms with van der Waals surface area (Å²) in [5.41, 5.74) is 1.02. The van der Waals surface area contributed by atoms with Gasteiger partial charge in [0, 0.05) is 12.1 Å². The number of hydrogen-bond donors (Lipinski definition) is 1. The van der Waals surface area contributed by atoms with Gasteiger partial charge < -0.3 is 5.11 Å². The van der Waals surface area contributed by atoms with Crippen LogP contribution in [0.4, 0.5) is 8.78 Å². The summed E-state index contributed by atoms with van der Waals surface area (Å²) < 4.78 is 30.4. The zero-order valence-electron chi connectivity index (χ0n) is 20.8. The number of unbranched alkanes of at least 4 members (excludes halogenated alkanes) is 1. The van der Waals surface area contributed by atoms with Crippen LogP contribution in [0.15, 0.2) is 53.3 Å². The van der Waals surface area contributed by atoms with E-state index in [1.54, 1.807) is 42.5 Å². The average molecular weight is 499 g/mol. The van der Waals surface area contributed by atoms with Gasteiger partial charge in [-0.05, 0) is 47.9 Å². The van der Waals surface area contributed by atoms with E-state index in [0.29, 0.717) is 40.5 Å². The minimum atomic E-state index is -2.96. The van der Waals surface area contributed by atoms with Crippen molar-refractivity contribution in [3.8, 4) is 11.1 Å². The van der Waals surface area contributed by atoms with Crippen LogP contribution in [0.25, 0.3) is 11.1 Å². The number of imidazole rings is 1. The van der Waals surface area contributed by atoms with E-state index >= 15 is 0 Å². The van der Waals surface area contributed by atoms with Gasteiger partial charge in [-0.2, -0.15) is 0 Å². The number of halogens is 2. The van der Waals surface area contributed by atoms with Gasteiger partial charge in [-0.1, -0.05) is 69.7 Å². The fraction of sp³-hybridized carbons (Fsp3) is 0.393. The molecule has 0 saturated heterocycles. The van der Waals surface area contributed by atoms with Crippen LogP contribution in [-0.2, 0) is 13.0 Å². The largest absolute Gasteiger partial charge is 0.478 e. The van der Waals surface area contributed by atoms with Crippen LogP contribution in [-0.4, -0.2) is 26.1 Å². The number of rotatable bonds is 11. The Labute approximate surface area is 209 Å². The van der Waals surface area contributed by atoms with Crippen LogP contribution >= 0.6 is 0 Å². The second-order valence-electron chi connectivity index (χ2n) is 9.31. The summed E-state index contributed by atoms with van der Waals surface area (Å²) in [6.07, 6.45) is -0.854. The maximum Gasteiger partial charge on any atom is 0.336 e. The predicted octanol–water partition coefficient (Wildman–Crippen LogP) is 6.42. The predicted molar refractivity (Wildman–Crippen MR) is 135 cm³/mol. The molecule has 0 aliphatic heterocycles. The molecule has 0 aliphatic carbocycles. The van der Waals surface area contributed by atoms with Crippen LogP contribution in [0.1, 0.15) is 85.0 Å². The van der Waals surface area contributed by atoms with E-state index in [2.05, 4.69) is 0 Å². The van der Waals surface area contributed by atoms with Crippen LogP contribution in [0, 0.1) is 5.92 Å². The minimum Gasteiger partial charge on any atom is -0.478 e. The number of carbonyl (C=O) groups is 2. The summed E-state index contributed by atoms with van der Waals surface area (Å²) in [7, 11) is 0. The monoisotopic (exact) mass is 498 g/mol. The molecule has 0 bridgehead atoms. The highest BCUT2D eigenvalue weighted by Crippen LogP contribution is 2.27. The summed E-state index contributed by atoms with van der Waals surface area (Å²) in [5.74, 6) is -1.42. The van der Waals surface area contributed by atoms with E-state index in [0.717, 1.165) is 0 Å². The number of aromatic nitrogens is 2. The van der Waals surface area contributed by atoms with E-state index in [1.165, 1.54) is 10.6 Å². The van der Waals surface area contributed by atoms with Crippen molar-refractivity contribution in [2.24, 2.45) is 5.92 Å². The van der Waals surface area contributed by atoms with Gasteiger partial charge in [0.2, 0.25) is 5.91 Å². The van der Waals surface area contributed by atoms with Crippen molar-refractivity contribution >= 4 is 11.9 Å². The second kappa shape index (κ2) is 11.9. The molecule has 8 heteroatoms. The molecule has 3 aromatic rings. The number of alkyl halides is 2. The van der Waals surface area contributed by atoms with Crippen molar-refractivity contribution in [1.29, 1.82) is 0 Å². The average Bonchev–Trinajstić information content (AvgIpc) is 3.13. The summed E-state index contributed by atoms with van der Waals surface area (Å²) >= 11 is 0. The molecule has 2 aromatic carbocycles. The van der Waals surface area contributed by atoms with Gasteiger partial charge in [0.15, 0.2) is 0 Å². The Bertz CT molecular complexity index is 1270. The molecular formula is C28H32F2N2O4. The molecule has 0 radical (unpaired) electrons. The molecule has 0 spiro atoms. The van der Waals surface area contributed by atoms with Gasteiger partial charge >= 0.3 is 11.7 Å². The van der Waals surface area contributed by atoms with Gasteiger partial charge in [0.05, 0.1) is 12.1 Å². The molecule has 0 amide bonds. The molecule has 192 valence electrons. The van der Waals surface area contributed by atoms with Gasteiger partial charge in [-0.15, -0.1) is 0 Å². The van der Waals surface area contributed by atoms with Crippen LogP contribution in [0.5, 0.6) is 0 Å². The first-order chi connectivity index (χ1) is 17.1. The smallest absolute Gasteiger partial charge is 0.336 e. The van der Waals surface area contributed by atoms with Crippen molar-refractivity contribution in [1.82, 2.24) is 9.13 Å². The molecule has 0 fully saturated rings. The first-order valence-corrected chi connectivity index (χ1v) is 12.2. The lowest BCUT2D eigenvalue weighted by atomic mass is 9.98. The standard InChI is InChI=1S/C28H32F2N2O4/c1-4-5-10-24(33)32-25(26(29)30)23(16-11-18(2)3)31(28(32)36)17-19-12-14-20(15-13-19)21-8-6-7-9-22(21)27(34)35/h6-9,12-15,18,26H,4-5,10-11,16-17H2,1-3H3,(H,34,35). The number of carbonyl (C=O) groups excluding carboxylic acids is 1. The van der Waals surface area contributed by atoms with Gasteiger partial charge in [-0.25, -0.2) is 22.9 Å². The van der Waals surface area contributed by atoms with Crippen molar-refractivity contribution in [2.75, 3.05) is 0 Å². The summed E-state index contributed by atoms with van der Waals surface area (Å²) in [5, 5.41) is 9.47. The maximum atomic E-state index is 14.2. The van der Waals surface area contributed by atoms with Gasteiger partial charge in [0.1, 0.15) is 5.69 Å². The second-order valence-corrected chi connectivity index (χ2v) is 9.31. The van der Waals surface area contributed by atoms with E-state index < -0.39 is 29.7 Å². The van der Waals surface area contributed by atoms with Crippen LogP contribution < -0.4 is 5.69 Å². The van der Waals surface area contributed by atoms with Crippen LogP contribution in [0.2, 0.25) is 0 Å². The Morgan fingerprint density at radius 2 is 1.69 bits per heavy atom. The van der Waals surface area contributed by atoms with Crippen molar-refractivity contribution in [3.63, 3.8) is 0 Å². The molecular weight excluding hydrogens is 466 g/mol. The fourth-order valence-electron chi connectivity index (χ4n) is 4.26. The number of benzene rings is 2. The topological polar surface area (TPSA) is 81.3 Å². The fourth-order valence-corrected chi connectivity index (χ4v) is 4.26. The number of carboxylic acids is 1. The molecule has 1 aromatic heterocycles. The molecule has 36 heavy (non-hydrogen) atoms. The Hall–Kier alpha value is -3.55. The molecule has 1 N–H and O–H groups in total. The lowest BCUT2D eigenvalue weighted by Crippen LogP contribution is -2.30. The maximum absolute atomic E-state index is 14.2. The van der Waals surface area contributed by atoms with E-state index in [-0.39, 0.29) is 36.6 Å². The number of carboxylic acid groups (broad SMARTS) is 1. The third-order valence-electron chi connectivity index (χ3n) is 6.21. The summed E-state index contributed by atoms with van der Waals surface area (Å²) in [4.78, 5) is 37.6. The van der Waals surface area contributed by atoms with Crippen molar-refractivity contribution in [2.45, 2.75) is 65.8 Å². The third-order valence-corrected chi connectivity index (χ3v) is 6.21. The Morgan fingerprint density at radius 3 is 2.28 bits per heavy atom. The molecule has 0 atom stereocenters. The van der Waals surface area contributed by atoms with Gasteiger partial charge in [-0.3, -0.25) is 9.36 Å². The summed E-state index contributed by atoms with van der Waals surface area (Å²) in [6, 6.07) is 13.6. The Kier molecular flexibility index (Phi) is 8.96. The highest BCUT2D eigenvalue weighted by Gasteiger charge is 2.29. The quantitative estimate of drug-likeness (QED) is 0.331. The summed E-state index contributed by atoms with van der Waals surface area (Å²) in [6.45, 7) is 5.87. The lowest BCUT2D eigenvalue weighted by Gasteiger charge is -2.12. The van der Waals surface area contributed by atoms with E-state index in [1.807, 2.05) is 20.8 Å². The van der Waals surface area contributed by atoms with Gasteiger partial charge in [0.25, 0.3) is 6.43 Å². The molecule has 6 nitrogen and oxygen atoms in total. The first-order valence-electron chi connectivity index (χ1n) is 12.2. The number of nitrogens with zero attached hydrogens (tertiary/aromatic N) is 2. The Morgan fingerprint density at radius 1 is 1.03 bits per heavy atom. The zero-order valence-corrected chi connectivity index (χ0v) is 20.8. The molecule has 0 aliphatic rings. The van der Waals surface area contributed by atoms with Crippen molar-refractivity contribution < 1.29 is 23.5 Å². The van der Waals surface area contributed by atoms with Crippen molar-refractivity contribution in [3.05, 3.63) is 81.5 Å². The molecule has 1 heterocycles. The third kappa shape index (κ3) is 5.98. The first kappa shape index (κ1) is 27.0. The normalized spacial score (nSPS) is 11.4. The number of hydrogen-bond acceptors (Lipinski definition) is 3. The minimum absolute atomic E-state index is 0.0287. The molecule has 0 unspecified atom stereocenters. The molecule has 3 rings (SSSR count). The van der Waals surface area contributed by atoms with E-state index in [4.69, 9.17) is 0 Å². The SMILES string of the molecule is CCCCC(=O)n1c(C(F)F)c(CCC(C)C)n(Cc2ccc(-c3ccccc3C(=O)O)cc2)c1=O.